The van der Waals surface area contributed by atoms with Crippen molar-refractivity contribution in [2.45, 2.75) is 43.7 Å². The van der Waals surface area contributed by atoms with Crippen LogP contribution in [0.25, 0.3) is 0 Å². The smallest absolute Gasteiger partial charge is 0.405 e. The van der Waals surface area contributed by atoms with Gasteiger partial charge in [0.25, 0.3) is 0 Å². The van der Waals surface area contributed by atoms with Crippen LogP contribution in [0, 0.1) is 17.8 Å². The summed E-state index contributed by atoms with van der Waals surface area (Å²) >= 11 is 0. The van der Waals surface area contributed by atoms with Crippen LogP contribution in [0.15, 0.2) is 0 Å². The molecule has 4 heteroatoms. The third-order valence-electron chi connectivity index (χ3n) is 4.61. The number of hydrogen-bond donors (Lipinski definition) is 2. The van der Waals surface area contributed by atoms with Crippen molar-refractivity contribution in [1.82, 2.24) is 0 Å². The molecule has 0 aromatic rings. The van der Waals surface area contributed by atoms with Crippen LogP contribution in [0.2, 0.25) is 0 Å². The summed E-state index contributed by atoms with van der Waals surface area (Å²) in [5.41, 5.74) is 11.1. The summed E-state index contributed by atoms with van der Waals surface area (Å²) in [6, 6.07) is 0.325. The van der Waals surface area contributed by atoms with Crippen molar-refractivity contribution in [2.75, 3.05) is 0 Å². The molecule has 0 radical (unpaired) electrons. The highest BCUT2D eigenvalue weighted by molar-refractivity contribution is 5.65. The monoisotopic (exact) mass is 210 g/mol. The van der Waals surface area contributed by atoms with E-state index in [2.05, 4.69) is 0 Å². The van der Waals surface area contributed by atoms with Gasteiger partial charge in [0.15, 0.2) is 0 Å². The molecule has 2 unspecified atom stereocenters. The van der Waals surface area contributed by atoms with E-state index in [1.807, 2.05) is 0 Å². The number of rotatable bonds is 1. The van der Waals surface area contributed by atoms with Crippen LogP contribution in [0.4, 0.5) is 4.79 Å². The quantitative estimate of drug-likeness (QED) is 0.677. The van der Waals surface area contributed by atoms with Crippen LogP contribution in [-0.2, 0) is 4.74 Å². The first-order valence-corrected chi connectivity index (χ1v) is 5.82. The predicted octanol–water partition coefficient (Wildman–Crippen LogP) is 0.988. The molecule has 0 spiro atoms. The molecule has 0 saturated heterocycles. The van der Waals surface area contributed by atoms with E-state index in [0.29, 0.717) is 23.8 Å². The number of nitrogens with two attached hydrogens (primary N) is 2. The number of primary amides is 1. The highest BCUT2D eigenvalue weighted by Crippen LogP contribution is 2.56. The molecule has 4 aliphatic rings. The summed E-state index contributed by atoms with van der Waals surface area (Å²) in [7, 11) is 0. The van der Waals surface area contributed by atoms with Gasteiger partial charge in [-0.15, -0.1) is 0 Å². The van der Waals surface area contributed by atoms with Crippen molar-refractivity contribution in [3.05, 3.63) is 0 Å². The summed E-state index contributed by atoms with van der Waals surface area (Å²) in [5.74, 6) is 1.81. The van der Waals surface area contributed by atoms with Crippen molar-refractivity contribution in [2.24, 2.45) is 29.2 Å². The van der Waals surface area contributed by atoms with Crippen molar-refractivity contribution in [3.63, 3.8) is 0 Å². The van der Waals surface area contributed by atoms with Gasteiger partial charge in [-0.25, -0.2) is 4.79 Å². The number of carbonyl (C=O) groups excluding carboxylic acids is 1. The minimum atomic E-state index is -0.620. The molecule has 2 atom stereocenters. The van der Waals surface area contributed by atoms with E-state index in [0.717, 1.165) is 19.3 Å². The van der Waals surface area contributed by atoms with Crippen LogP contribution in [-0.4, -0.2) is 17.7 Å². The molecule has 15 heavy (non-hydrogen) atoms. The first kappa shape index (κ1) is 9.46. The molecule has 4 saturated carbocycles. The van der Waals surface area contributed by atoms with E-state index >= 15 is 0 Å². The van der Waals surface area contributed by atoms with Gasteiger partial charge in [0, 0.05) is 6.04 Å². The molecule has 0 aromatic carbocycles. The number of amides is 1. The molecule has 84 valence electrons. The Morgan fingerprint density at radius 3 is 2.33 bits per heavy atom. The van der Waals surface area contributed by atoms with Crippen molar-refractivity contribution >= 4 is 6.09 Å². The fraction of sp³-hybridized carbons (Fsp3) is 0.909. The van der Waals surface area contributed by atoms with Gasteiger partial charge in [0.05, 0.1) is 0 Å². The molecule has 4 aliphatic carbocycles. The number of hydrogen-bond acceptors (Lipinski definition) is 3. The average Bonchev–Trinajstić information content (AvgIpc) is 2.10. The summed E-state index contributed by atoms with van der Waals surface area (Å²) in [4.78, 5) is 10.9. The summed E-state index contributed by atoms with van der Waals surface area (Å²) in [6.07, 6.45) is 4.71. The zero-order valence-electron chi connectivity index (χ0n) is 8.82. The second kappa shape index (κ2) is 2.88. The second-order valence-electron chi connectivity index (χ2n) is 5.65. The topological polar surface area (TPSA) is 78.3 Å². The molecule has 4 rings (SSSR count). The van der Waals surface area contributed by atoms with Crippen LogP contribution in [0.1, 0.15) is 32.1 Å². The Labute approximate surface area is 89.3 Å². The number of carbonyl (C=O) groups is 1. The largest absolute Gasteiger partial charge is 0.443 e. The SMILES string of the molecule is NC(=O)O[C@]12CC3CC(C1)[C@@H](N)C(C3)C2. The lowest BCUT2D eigenvalue weighted by atomic mass is 9.52. The minimum absolute atomic E-state index is 0.252. The molecule has 0 aromatic heterocycles. The fourth-order valence-electron chi connectivity index (χ4n) is 4.33. The fourth-order valence-corrected chi connectivity index (χ4v) is 4.33. The zero-order chi connectivity index (χ0) is 10.6. The maximum Gasteiger partial charge on any atom is 0.405 e. The van der Waals surface area contributed by atoms with Crippen molar-refractivity contribution in [1.29, 1.82) is 0 Å². The maximum atomic E-state index is 10.9. The Balaban J connectivity index is 1.85. The Morgan fingerprint density at radius 2 is 1.80 bits per heavy atom. The van der Waals surface area contributed by atoms with E-state index in [1.165, 1.54) is 12.8 Å². The molecule has 1 amide bonds. The van der Waals surface area contributed by atoms with E-state index in [4.69, 9.17) is 16.2 Å². The maximum absolute atomic E-state index is 10.9. The minimum Gasteiger partial charge on any atom is -0.443 e. The van der Waals surface area contributed by atoms with Crippen LogP contribution in [0.5, 0.6) is 0 Å². The molecule has 4 nitrogen and oxygen atoms in total. The summed E-state index contributed by atoms with van der Waals surface area (Å²) < 4.78 is 5.38. The lowest BCUT2D eigenvalue weighted by molar-refractivity contribution is -0.133. The van der Waals surface area contributed by atoms with Gasteiger partial charge >= 0.3 is 6.09 Å². The Bertz CT molecular complexity index is 289. The zero-order valence-corrected chi connectivity index (χ0v) is 8.82. The molecular formula is C11H18N2O2. The van der Waals surface area contributed by atoms with E-state index in [1.54, 1.807) is 0 Å². The standard InChI is InChI=1S/C11H18N2O2/c12-9-7-1-6-2-8(9)5-11(3-6,4-7)15-10(13)14/h6-9H,1-5,12H2,(H2,13,14)/t6?,7?,8?,9-,11-. The van der Waals surface area contributed by atoms with Gasteiger partial charge < -0.3 is 16.2 Å². The summed E-state index contributed by atoms with van der Waals surface area (Å²) in [6.45, 7) is 0. The predicted molar refractivity (Wildman–Crippen MR) is 54.9 cm³/mol. The van der Waals surface area contributed by atoms with Gasteiger partial charge in [-0.2, -0.15) is 0 Å². The van der Waals surface area contributed by atoms with Crippen molar-refractivity contribution < 1.29 is 9.53 Å². The third kappa shape index (κ3) is 1.34. The molecular weight excluding hydrogens is 192 g/mol. The van der Waals surface area contributed by atoms with Crippen LogP contribution < -0.4 is 11.5 Å². The lowest BCUT2D eigenvalue weighted by Gasteiger charge is -2.58. The first-order chi connectivity index (χ1) is 7.08. The normalized spacial score (nSPS) is 51.8. The molecule has 0 aliphatic heterocycles. The highest BCUT2D eigenvalue weighted by Gasteiger charge is 2.56. The Morgan fingerprint density at radius 1 is 1.20 bits per heavy atom. The van der Waals surface area contributed by atoms with Crippen LogP contribution in [0.3, 0.4) is 0 Å². The Hall–Kier alpha value is -0.770. The van der Waals surface area contributed by atoms with E-state index < -0.39 is 6.09 Å². The highest BCUT2D eigenvalue weighted by atomic mass is 16.6. The van der Waals surface area contributed by atoms with Crippen LogP contribution >= 0.6 is 0 Å². The third-order valence-corrected chi connectivity index (χ3v) is 4.61. The summed E-state index contributed by atoms with van der Waals surface area (Å²) in [5, 5.41) is 0. The van der Waals surface area contributed by atoms with Gasteiger partial charge in [-0.3, -0.25) is 0 Å². The van der Waals surface area contributed by atoms with Gasteiger partial charge in [0.2, 0.25) is 0 Å². The van der Waals surface area contributed by atoms with Gasteiger partial charge in [-0.05, 0) is 49.9 Å². The molecule has 4 bridgehead atoms. The molecule has 4 fully saturated rings. The Kier molecular flexibility index (Phi) is 1.81. The van der Waals surface area contributed by atoms with Crippen molar-refractivity contribution in [3.8, 4) is 0 Å². The first-order valence-electron chi connectivity index (χ1n) is 5.82. The van der Waals surface area contributed by atoms with E-state index in [9.17, 15) is 4.79 Å². The lowest BCUT2D eigenvalue weighted by Crippen LogP contribution is -2.61. The van der Waals surface area contributed by atoms with E-state index in [-0.39, 0.29) is 5.60 Å². The van der Waals surface area contributed by atoms with Gasteiger partial charge in [-0.1, -0.05) is 0 Å². The second-order valence-corrected chi connectivity index (χ2v) is 5.65. The van der Waals surface area contributed by atoms with Gasteiger partial charge in [0.1, 0.15) is 5.60 Å². The number of ether oxygens (including phenoxy) is 1. The average molecular weight is 210 g/mol. The molecule has 0 heterocycles. The molecule has 4 N–H and O–H groups in total.